The van der Waals surface area contributed by atoms with E-state index in [2.05, 4.69) is 194 Å². The molecule has 0 N–H and O–H groups in total. The Morgan fingerprint density at radius 3 is 2.10 bits per heavy atom. The van der Waals surface area contributed by atoms with Crippen molar-refractivity contribution in [1.29, 1.82) is 0 Å². The van der Waals surface area contributed by atoms with Crippen LogP contribution in [0.1, 0.15) is 30.5 Å². The molecule has 0 atom stereocenters. The molecule has 8 aromatic carbocycles. The summed E-state index contributed by atoms with van der Waals surface area (Å²) in [6.45, 7) is 4.66. The van der Waals surface area contributed by atoms with Gasteiger partial charge in [-0.2, -0.15) is 0 Å². The van der Waals surface area contributed by atoms with Crippen molar-refractivity contribution in [3.05, 3.63) is 196 Å². The average molecular weight is 855 g/mol. The Labute approximate surface area is 348 Å². The predicted octanol–water partition coefficient (Wildman–Crippen LogP) is 10.5. The van der Waals surface area contributed by atoms with Crippen LogP contribution in [-0.2, 0) is 9.84 Å². The van der Waals surface area contributed by atoms with Gasteiger partial charge in [-0.05, 0) is 0 Å². The number of rotatable bonds is 4. The molecule has 0 fully saturated rings. The van der Waals surface area contributed by atoms with E-state index < -0.39 is 0 Å². The fourth-order valence-corrected chi connectivity index (χ4v) is 12.4. The number of para-hydroxylation sites is 3. The molecule has 0 spiro atoms. The Hall–Kier alpha value is -6.37. The standard InChI is InChI=1S/C54H37IN3/c1-54(2)45-19-9-6-16-39(45)51-41(18-12-20-46(51)54)53-56-48-21-10-7-17-40(48)52(57-53)35-25-27-47-43(31-35)42-29-33(23-24-36(42)32-55-47)34-26-28-50-44(30-34)38-15-8-11-22-49(38)58(50)37-13-4-3-5-14-37/h3-31H,32H2,1-2H3/q-1. The molecule has 3 nitrogen and oxygen atoms in total. The van der Waals surface area contributed by atoms with Crippen molar-refractivity contribution in [3.8, 4) is 61.7 Å². The molecule has 0 saturated carbocycles. The Bertz CT molecular complexity index is 3320. The fraction of sp³-hybridized carbons (Fsp3) is 0.0741. The van der Waals surface area contributed by atoms with Crippen molar-refractivity contribution in [2.75, 3.05) is 0 Å². The van der Waals surface area contributed by atoms with Crippen molar-refractivity contribution >= 4 is 32.7 Å². The molecule has 0 amide bonds. The normalized spacial score (nSPS) is 13.8. The van der Waals surface area contributed by atoms with E-state index in [9.17, 15) is 0 Å². The monoisotopic (exact) mass is 854 g/mol. The average Bonchev–Trinajstić information content (AvgIpc) is 3.74. The molecule has 1 aliphatic heterocycles. The van der Waals surface area contributed by atoms with Gasteiger partial charge in [0.2, 0.25) is 0 Å². The fourth-order valence-electron chi connectivity index (χ4n) is 9.63. The minimum absolute atomic E-state index is 0.0950. The minimum atomic E-state index is -0.158. The third kappa shape index (κ3) is 5.04. The molecule has 2 aromatic heterocycles. The van der Waals surface area contributed by atoms with Gasteiger partial charge in [0.05, 0.1) is 0 Å². The van der Waals surface area contributed by atoms with Crippen molar-refractivity contribution in [3.63, 3.8) is 0 Å². The van der Waals surface area contributed by atoms with E-state index in [4.69, 9.17) is 9.97 Å². The number of hydrogen-bond donors (Lipinski definition) is 0. The SMILES string of the molecule is CC1(C)c2ccccc2-c2c(-c3nc(-c4ccc5c(c4)-c4cc(-c6ccc7c(c6)c6ccccc6n7-c6ccccc6)ccc4C[I-]5)c4ccccc4n3)cccc21. The zero-order valence-corrected chi connectivity index (χ0v) is 34.3. The summed E-state index contributed by atoms with van der Waals surface area (Å²) in [5, 5.41) is 3.61. The van der Waals surface area contributed by atoms with E-state index in [1.807, 2.05) is 0 Å². The van der Waals surface area contributed by atoms with Crippen LogP contribution in [0.2, 0.25) is 0 Å². The van der Waals surface area contributed by atoms with Crippen LogP contribution in [0.25, 0.3) is 94.4 Å². The van der Waals surface area contributed by atoms with Gasteiger partial charge in [0.1, 0.15) is 0 Å². The van der Waals surface area contributed by atoms with Crippen LogP contribution in [0.15, 0.2) is 176 Å². The molecule has 0 bridgehead atoms. The van der Waals surface area contributed by atoms with E-state index in [-0.39, 0.29) is 26.6 Å². The summed E-state index contributed by atoms with van der Waals surface area (Å²) in [6, 6.07) is 64.7. The number of hydrogen-bond acceptors (Lipinski definition) is 2. The van der Waals surface area contributed by atoms with Crippen LogP contribution in [0.3, 0.4) is 0 Å². The predicted molar refractivity (Wildman–Crippen MR) is 236 cm³/mol. The Balaban J connectivity index is 0.996. The van der Waals surface area contributed by atoms with Crippen LogP contribution in [0.4, 0.5) is 0 Å². The third-order valence-electron chi connectivity index (χ3n) is 12.5. The first-order valence-corrected chi connectivity index (χ1v) is 22.6. The van der Waals surface area contributed by atoms with Gasteiger partial charge in [-0.1, -0.05) is 24.3 Å². The first kappa shape index (κ1) is 33.7. The Morgan fingerprint density at radius 1 is 0.500 bits per heavy atom. The summed E-state index contributed by atoms with van der Waals surface area (Å²) in [7, 11) is 0. The molecule has 4 heteroatoms. The van der Waals surface area contributed by atoms with Gasteiger partial charge in [-0.25, -0.2) is 0 Å². The van der Waals surface area contributed by atoms with Crippen molar-refractivity contribution in [2.45, 2.75) is 23.7 Å². The van der Waals surface area contributed by atoms with Crippen molar-refractivity contribution < 1.29 is 21.2 Å². The molecular weight excluding hydrogens is 818 g/mol. The van der Waals surface area contributed by atoms with Crippen molar-refractivity contribution in [2.24, 2.45) is 0 Å². The molecule has 1 aliphatic carbocycles. The Morgan fingerprint density at radius 2 is 1.19 bits per heavy atom. The first-order valence-electron chi connectivity index (χ1n) is 20.0. The van der Waals surface area contributed by atoms with Gasteiger partial charge in [-0.15, -0.1) is 0 Å². The number of alkyl halides is 1. The maximum absolute atomic E-state index is 5.48. The van der Waals surface area contributed by atoms with E-state index in [0.717, 1.165) is 38.0 Å². The second kappa shape index (κ2) is 12.8. The molecule has 0 unspecified atom stereocenters. The number of benzene rings is 8. The molecule has 2 aliphatic rings. The summed E-state index contributed by atoms with van der Waals surface area (Å²) in [5.41, 5.74) is 19.5. The molecule has 0 saturated heterocycles. The third-order valence-corrected chi connectivity index (χ3v) is 15.4. The van der Waals surface area contributed by atoms with Gasteiger partial charge in [0.15, 0.2) is 0 Å². The van der Waals surface area contributed by atoms with Crippen LogP contribution in [-0.4, -0.2) is 14.5 Å². The molecule has 276 valence electrons. The van der Waals surface area contributed by atoms with Gasteiger partial charge in [0, 0.05) is 0 Å². The first-order chi connectivity index (χ1) is 28.5. The summed E-state index contributed by atoms with van der Waals surface area (Å²) < 4.78 is 5.02. The van der Waals surface area contributed by atoms with Crippen LogP contribution in [0, 0.1) is 3.57 Å². The van der Waals surface area contributed by atoms with E-state index in [1.165, 1.54) is 81.1 Å². The molecule has 10 aromatic rings. The van der Waals surface area contributed by atoms with Gasteiger partial charge < -0.3 is 0 Å². The zero-order chi connectivity index (χ0) is 38.5. The topological polar surface area (TPSA) is 30.7 Å². The number of fused-ring (bicyclic) bond motifs is 10. The van der Waals surface area contributed by atoms with Gasteiger partial charge >= 0.3 is 326 Å². The van der Waals surface area contributed by atoms with Gasteiger partial charge in [-0.3, -0.25) is 0 Å². The van der Waals surface area contributed by atoms with Crippen LogP contribution >= 0.6 is 0 Å². The van der Waals surface area contributed by atoms with E-state index >= 15 is 0 Å². The molecule has 12 rings (SSSR count). The van der Waals surface area contributed by atoms with Gasteiger partial charge in [0.25, 0.3) is 0 Å². The number of aromatic nitrogens is 3. The zero-order valence-electron chi connectivity index (χ0n) is 32.2. The summed E-state index contributed by atoms with van der Waals surface area (Å²) in [5.74, 6) is 0.773. The van der Waals surface area contributed by atoms with E-state index in [0.29, 0.717) is 0 Å². The molecule has 3 heterocycles. The summed E-state index contributed by atoms with van der Waals surface area (Å²) >= 11 is -0.158. The van der Waals surface area contributed by atoms with E-state index in [1.54, 1.807) is 0 Å². The van der Waals surface area contributed by atoms with Crippen LogP contribution < -0.4 is 21.2 Å². The van der Waals surface area contributed by atoms with Crippen LogP contribution in [0.5, 0.6) is 0 Å². The Kier molecular flexibility index (Phi) is 7.46. The second-order valence-corrected chi connectivity index (χ2v) is 18.8. The number of halogens is 1. The second-order valence-electron chi connectivity index (χ2n) is 16.1. The van der Waals surface area contributed by atoms with Crippen molar-refractivity contribution in [1.82, 2.24) is 14.5 Å². The molecule has 0 radical (unpaired) electrons. The summed E-state index contributed by atoms with van der Waals surface area (Å²) in [6.07, 6.45) is 0. The molecular formula is C54H37IN3-. The summed E-state index contributed by atoms with van der Waals surface area (Å²) in [4.78, 5) is 10.7. The molecule has 58 heavy (non-hydrogen) atoms. The quantitative estimate of drug-likeness (QED) is 0.130. The number of nitrogens with zero attached hydrogens (tertiary/aromatic N) is 3. The maximum atomic E-state index is 5.48.